The molecule has 0 saturated carbocycles. The average Bonchev–Trinajstić information content (AvgIpc) is 1.59. The summed E-state index contributed by atoms with van der Waals surface area (Å²) in [5.74, 6) is 0.589. The Kier molecular flexibility index (Phi) is 2.50. The molecule has 9 heavy (non-hydrogen) atoms. The SMILES string of the molecule is Nc1cc(I)cc(I)n1. The van der Waals surface area contributed by atoms with Gasteiger partial charge in [0.15, 0.2) is 0 Å². The molecule has 1 aromatic rings. The number of pyridine rings is 1. The lowest BCUT2D eigenvalue weighted by Gasteiger charge is -1.93. The fraction of sp³-hybridized carbons (Fsp3) is 0. The lowest BCUT2D eigenvalue weighted by atomic mass is 10.5. The highest BCUT2D eigenvalue weighted by atomic mass is 127. The zero-order valence-electron chi connectivity index (χ0n) is 4.44. The Morgan fingerprint density at radius 3 is 2.44 bits per heavy atom. The van der Waals surface area contributed by atoms with Gasteiger partial charge in [0.1, 0.15) is 9.52 Å². The number of hydrogen-bond donors (Lipinski definition) is 1. The van der Waals surface area contributed by atoms with Gasteiger partial charge < -0.3 is 5.73 Å². The van der Waals surface area contributed by atoms with Gasteiger partial charge in [0, 0.05) is 3.57 Å². The highest BCUT2D eigenvalue weighted by molar-refractivity contribution is 14.1. The van der Waals surface area contributed by atoms with Gasteiger partial charge in [-0.2, -0.15) is 0 Å². The minimum absolute atomic E-state index is 0.589. The summed E-state index contributed by atoms with van der Waals surface area (Å²) in [5.41, 5.74) is 5.44. The largest absolute Gasteiger partial charge is 0.384 e. The standard InChI is InChI=1S/C5H4I2N2/c6-3-1-4(7)9-5(8)2-3/h1-2H,(H2,8,9). The van der Waals surface area contributed by atoms with E-state index in [9.17, 15) is 0 Å². The number of anilines is 1. The van der Waals surface area contributed by atoms with Crippen molar-refractivity contribution in [2.75, 3.05) is 5.73 Å². The molecule has 0 spiro atoms. The summed E-state index contributed by atoms with van der Waals surface area (Å²) in [4.78, 5) is 3.99. The molecule has 0 unspecified atom stereocenters. The highest BCUT2D eigenvalue weighted by Crippen LogP contribution is 2.10. The molecule has 0 aliphatic rings. The predicted octanol–water partition coefficient (Wildman–Crippen LogP) is 1.87. The second kappa shape index (κ2) is 3.00. The quantitative estimate of drug-likeness (QED) is 0.576. The van der Waals surface area contributed by atoms with Gasteiger partial charge in [-0.15, -0.1) is 0 Å². The van der Waals surface area contributed by atoms with Crippen molar-refractivity contribution >= 4 is 51.0 Å². The van der Waals surface area contributed by atoms with Gasteiger partial charge in [0.2, 0.25) is 0 Å². The zero-order chi connectivity index (χ0) is 6.85. The first-order valence-electron chi connectivity index (χ1n) is 2.27. The molecular weight excluding hydrogens is 342 g/mol. The summed E-state index contributed by atoms with van der Waals surface area (Å²) < 4.78 is 2.07. The summed E-state index contributed by atoms with van der Waals surface area (Å²) in [6.07, 6.45) is 0. The minimum Gasteiger partial charge on any atom is -0.384 e. The summed E-state index contributed by atoms with van der Waals surface area (Å²) in [7, 11) is 0. The van der Waals surface area contributed by atoms with Crippen LogP contribution in [0.3, 0.4) is 0 Å². The molecule has 0 atom stereocenters. The molecule has 0 fully saturated rings. The molecule has 1 aromatic heterocycles. The van der Waals surface area contributed by atoms with Crippen LogP contribution in [0.4, 0.5) is 5.82 Å². The molecule has 0 amide bonds. The van der Waals surface area contributed by atoms with Crippen molar-refractivity contribution in [2.45, 2.75) is 0 Å². The van der Waals surface area contributed by atoms with Gasteiger partial charge in [0.25, 0.3) is 0 Å². The predicted molar refractivity (Wildman–Crippen MR) is 54.1 cm³/mol. The number of nitrogen functional groups attached to an aromatic ring is 1. The normalized spacial score (nSPS) is 9.56. The lowest BCUT2D eigenvalue weighted by Crippen LogP contribution is -1.91. The first kappa shape index (κ1) is 7.52. The maximum absolute atomic E-state index is 5.44. The Morgan fingerprint density at radius 1 is 1.33 bits per heavy atom. The molecule has 0 saturated heterocycles. The number of nitrogens with zero attached hydrogens (tertiary/aromatic N) is 1. The van der Waals surface area contributed by atoms with Crippen LogP contribution in [0.1, 0.15) is 0 Å². The van der Waals surface area contributed by atoms with E-state index in [1.54, 1.807) is 0 Å². The third-order valence-corrected chi connectivity index (χ3v) is 1.95. The third kappa shape index (κ3) is 2.24. The smallest absolute Gasteiger partial charge is 0.125 e. The third-order valence-electron chi connectivity index (χ3n) is 0.779. The molecule has 4 heteroatoms. The van der Waals surface area contributed by atoms with Crippen molar-refractivity contribution in [3.63, 3.8) is 0 Å². The van der Waals surface area contributed by atoms with Gasteiger partial charge in [-0.25, -0.2) is 4.98 Å². The Balaban J connectivity index is 3.17. The van der Waals surface area contributed by atoms with Crippen molar-refractivity contribution in [3.05, 3.63) is 19.4 Å². The van der Waals surface area contributed by atoms with Crippen molar-refractivity contribution in [3.8, 4) is 0 Å². The van der Waals surface area contributed by atoms with E-state index in [-0.39, 0.29) is 0 Å². The fourth-order valence-electron chi connectivity index (χ4n) is 0.485. The fourth-order valence-corrected chi connectivity index (χ4v) is 2.31. The second-order valence-corrected chi connectivity index (χ2v) is 3.88. The molecule has 0 aliphatic carbocycles. The van der Waals surface area contributed by atoms with E-state index in [2.05, 4.69) is 50.2 Å². The van der Waals surface area contributed by atoms with E-state index in [0.29, 0.717) is 5.82 Å². The number of halogens is 2. The highest BCUT2D eigenvalue weighted by Gasteiger charge is 1.92. The summed E-state index contributed by atoms with van der Waals surface area (Å²) in [5, 5.41) is 0. The summed E-state index contributed by atoms with van der Waals surface area (Å²) in [6.45, 7) is 0. The Labute approximate surface area is 80.5 Å². The van der Waals surface area contributed by atoms with Crippen LogP contribution >= 0.6 is 45.2 Å². The van der Waals surface area contributed by atoms with E-state index in [0.717, 1.165) is 7.27 Å². The van der Waals surface area contributed by atoms with Gasteiger partial charge in [0.05, 0.1) is 0 Å². The van der Waals surface area contributed by atoms with Crippen LogP contribution in [0.2, 0.25) is 0 Å². The summed E-state index contributed by atoms with van der Waals surface area (Å²) >= 11 is 4.34. The molecule has 0 aliphatic heterocycles. The molecule has 1 heterocycles. The second-order valence-electron chi connectivity index (χ2n) is 1.53. The zero-order valence-corrected chi connectivity index (χ0v) is 8.75. The molecular formula is C5H4I2N2. The molecule has 1 rings (SSSR count). The van der Waals surface area contributed by atoms with E-state index in [1.807, 2.05) is 12.1 Å². The van der Waals surface area contributed by atoms with Gasteiger partial charge in [-0.1, -0.05) is 0 Å². The monoisotopic (exact) mass is 346 g/mol. The van der Waals surface area contributed by atoms with Crippen molar-refractivity contribution in [1.29, 1.82) is 0 Å². The van der Waals surface area contributed by atoms with E-state index < -0.39 is 0 Å². The molecule has 0 aromatic carbocycles. The molecule has 2 N–H and O–H groups in total. The maximum atomic E-state index is 5.44. The number of rotatable bonds is 0. The van der Waals surface area contributed by atoms with Gasteiger partial charge in [-0.3, -0.25) is 0 Å². The number of hydrogen-bond acceptors (Lipinski definition) is 2. The Bertz CT molecular complexity index is 174. The first-order chi connectivity index (χ1) is 4.18. The average molecular weight is 346 g/mol. The first-order valence-corrected chi connectivity index (χ1v) is 4.43. The van der Waals surface area contributed by atoms with Crippen LogP contribution in [0, 0.1) is 7.27 Å². The van der Waals surface area contributed by atoms with Crippen LogP contribution in [0.5, 0.6) is 0 Å². The Morgan fingerprint density at radius 2 is 2.00 bits per heavy atom. The molecule has 48 valence electrons. The van der Waals surface area contributed by atoms with Crippen LogP contribution in [-0.2, 0) is 0 Å². The molecule has 0 bridgehead atoms. The van der Waals surface area contributed by atoms with Crippen LogP contribution in [0.15, 0.2) is 12.1 Å². The van der Waals surface area contributed by atoms with Gasteiger partial charge >= 0.3 is 0 Å². The number of aromatic nitrogens is 1. The van der Waals surface area contributed by atoms with Crippen molar-refractivity contribution < 1.29 is 0 Å². The topological polar surface area (TPSA) is 38.9 Å². The van der Waals surface area contributed by atoms with Crippen LogP contribution < -0.4 is 5.73 Å². The molecule has 0 radical (unpaired) electrons. The minimum atomic E-state index is 0.589. The summed E-state index contributed by atoms with van der Waals surface area (Å²) in [6, 6.07) is 3.81. The van der Waals surface area contributed by atoms with E-state index in [4.69, 9.17) is 5.73 Å². The van der Waals surface area contributed by atoms with Crippen molar-refractivity contribution in [1.82, 2.24) is 4.98 Å². The van der Waals surface area contributed by atoms with Crippen LogP contribution in [0.25, 0.3) is 0 Å². The lowest BCUT2D eigenvalue weighted by molar-refractivity contribution is 1.27. The van der Waals surface area contributed by atoms with Gasteiger partial charge in [-0.05, 0) is 57.3 Å². The molecule has 2 nitrogen and oxygen atoms in total. The maximum Gasteiger partial charge on any atom is 0.125 e. The van der Waals surface area contributed by atoms with Crippen molar-refractivity contribution in [2.24, 2.45) is 0 Å². The van der Waals surface area contributed by atoms with E-state index in [1.165, 1.54) is 0 Å². The van der Waals surface area contributed by atoms with E-state index >= 15 is 0 Å². The Hall–Kier alpha value is 0.410. The van der Waals surface area contributed by atoms with Crippen LogP contribution in [-0.4, -0.2) is 4.98 Å². The number of nitrogens with two attached hydrogens (primary N) is 1.